The van der Waals surface area contributed by atoms with E-state index in [0.29, 0.717) is 24.9 Å². The number of Topliss-reactive ketones (excluding diaryl/α,β-unsaturated/α-hetero) is 2. The van der Waals surface area contributed by atoms with Crippen LogP contribution in [0.15, 0.2) is 48.5 Å². The predicted octanol–water partition coefficient (Wildman–Crippen LogP) is 5.05. The highest BCUT2D eigenvalue weighted by Gasteiger charge is 2.60. The van der Waals surface area contributed by atoms with Gasteiger partial charge in [-0.1, -0.05) is 43.3 Å². The Bertz CT molecular complexity index is 1110. The van der Waals surface area contributed by atoms with Crippen molar-refractivity contribution in [2.24, 2.45) is 23.2 Å². The molecule has 5 atom stereocenters. The molecule has 0 N–H and O–H groups in total. The minimum Gasteiger partial charge on any atom is -0.489 e. The standard InChI is InChI=1S/C29H32O5/c1-3-33-28(32)26(30)24-16-25-23-11-9-19-15-20(34-17-18-7-5-4-6-8-18)10-12-21(19)22(23)13-14-29(25,2)27(24)31/h4-8,10,12,15,22-25H,3,9,11,13-14,16-17H2,1-2H3/t22?,23?,24?,25?,29-/m0/s1. The fraction of sp³-hybridized carbons (Fsp3) is 0.483. The van der Waals surface area contributed by atoms with Crippen molar-refractivity contribution in [3.63, 3.8) is 0 Å². The monoisotopic (exact) mass is 460 g/mol. The lowest BCUT2D eigenvalue weighted by atomic mass is 9.55. The molecule has 0 aromatic heterocycles. The van der Waals surface area contributed by atoms with Gasteiger partial charge < -0.3 is 9.47 Å². The van der Waals surface area contributed by atoms with Crippen LogP contribution < -0.4 is 4.74 Å². The van der Waals surface area contributed by atoms with Gasteiger partial charge in [-0.3, -0.25) is 9.59 Å². The molecule has 0 heterocycles. The predicted molar refractivity (Wildman–Crippen MR) is 127 cm³/mol. The van der Waals surface area contributed by atoms with Gasteiger partial charge in [-0.15, -0.1) is 0 Å². The molecule has 0 saturated heterocycles. The molecular formula is C29H32O5. The van der Waals surface area contributed by atoms with Crippen molar-refractivity contribution < 1.29 is 23.9 Å². The van der Waals surface area contributed by atoms with E-state index < -0.39 is 23.1 Å². The molecule has 5 nitrogen and oxygen atoms in total. The quantitative estimate of drug-likeness (QED) is 0.343. The smallest absolute Gasteiger partial charge is 0.375 e. The van der Waals surface area contributed by atoms with Gasteiger partial charge in [-0.25, -0.2) is 4.79 Å². The number of aryl methyl sites for hydroxylation is 1. The molecule has 3 aliphatic carbocycles. The van der Waals surface area contributed by atoms with E-state index in [9.17, 15) is 14.4 Å². The van der Waals surface area contributed by atoms with Crippen LogP contribution in [0.2, 0.25) is 0 Å². The lowest BCUT2D eigenvalue weighted by Gasteiger charge is -2.48. The number of rotatable bonds is 6. The minimum atomic E-state index is -0.864. The SMILES string of the molecule is CCOC(=O)C(=O)C1CC2C3CCc4cc(OCc5ccccc5)ccc4C3CC[C@]2(C)C1=O. The van der Waals surface area contributed by atoms with Crippen LogP contribution in [0, 0.1) is 23.2 Å². The maximum atomic E-state index is 13.3. The summed E-state index contributed by atoms with van der Waals surface area (Å²) < 4.78 is 11.0. The second kappa shape index (κ2) is 9.01. The number of esters is 1. The van der Waals surface area contributed by atoms with Crippen LogP contribution in [0.25, 0.3) is 0 Å². The first kappa shape index (κ1) is 22.8. The molecule has 5 heteroatoms. The molecule has 2 saturated carbocycles. The van der Waals surface area contributed by atoms with E-state index in [4.69, 9.17) is 9.47 Å². The van der Waals surface area contributed by atoms with Crippen LogP contribution in [0.5, 0.6) is 5.75 Å². The Kier molecular flexibility index (Phi) is 6.05. The number of hydrogen-bond acceptors (Lipinski definition) is 5. The van der Waals surface area contributed by atoms with Crippen LogP contribution in [-0.2, 0) is 32.1 Å². The highest BCUT2D eigenvalue weighted by molar-refractivity contribution is 6.39. The van der Waals surface area contributed by atoms with Crippen molar-refractivity contribution in [2.75, 3.05) is 6.61 Å². The molecule has 4 unspecified atom stereocenters. The zero-order chi connectivity index (χ0) is 23.9. The number of carbonyl (C=O) groups excluding carboxylic acids is 3. The number of ether oxygens (including phenoxy) is 2. The van der Waals surface area contributed by atoms with Crippen LogP contribution in [-0.4, -0.2) is 24.1 Å². The largest absolute Gasteiger partial charge is 0.489 e. The van der Waals surface area contributed by atoms with Crippen molar-refractivity contribution in [3.05, 3.63) is 65.2 Å². The van der Waals surface area contributed by atoms with Gasteiger partial charge in [-0.2, -0.15) is 0 Å². The summed E-state index contributed by atoms with van der Waals surface area (Å²) in [5.41, 5.74) is 3.31. The molecule has 0 bridgehead atoms. The van der Waals surface area contributed by atoms with E-state index in [0.717, 1.165) is 37.0 Å². The molecule has 178 valence electrons. The van der Waals surface area contributed by atoms with Gasteiger partial charge in [0.25, 0.3) is 0 Å². The number of hydrogen-bond donors (Lipinski definition) is 0. The van der Waals surface area contributed by atoms with Crippen LogP contribution in [0.1, 0.15) is 62.1 Å². The van der Waals surface area contributed by atoms with Crippen LogP contribution >= 0.6 is 0 Å². The van der Waals surface area contributed by atoms with E-state index in [1.807, 2.05) is 25.1 Å². The Labute approximate surface area is 200 Å². The Morgan fingerprint density at radius 3 is 2.65 bits per heavy atom. The van der Waals surface area contributed by atoms with Crippen molar-refractivity contribution in [3.8, 4) is 5.75 Å². The highest BCUT2D eigenvalue weighted by Crippen LogP contribution is 2.61. The maximum Gasteiger partial charge on any atom is 0.375 e. The van der Waals surface area contributed by atoms with E-state index in [1.165, 1.54) is 11.1 Å². The summed E-state index contributed by atoms with van der Waals surface area (Å²) in [6, 6.07) is 16.6. The summed E-state index contributed by atoms with van der Waals surface area (Å²) >= 11 is 0. The molecular weight excluding hydrogens is 428 g/mol. The normalized spacial score (nSPS) is 29.5. The number of carbonyl (C=O) groups is 3. The lowest BCUT2D eigenvalue weighted by Crippen LogP contribution is -2.43. The molecule has 2 aromatic rings. The summed E-state index contributed by atoms with van der Waals surface area (Å²) in [4.78, 5) is 38.1. The third-order valence-corrected chi connectivity index (χ3v) is 8.50. The van der Waals surface area contributed by atoms with Crippen molar-refractivity contribution >= 4 is 17.5 Å². The lowest BCUT2D eigenvalue weighted by molar-refractivity contribution is -0.156. The van der Waals surface area contributed by atoms with Crippen molar-refractivity contribution in [2.45, 2.75) is 58.5 Å². The summed E-state index contributed by atoms with van der Waals surface area (Å²) in [7, 11) is 0. The van der Waals surface area contributed by atoms with Gasteiger partial charge in [0, 0.05) is 5.41 Å². The first-order chi connectivity index (χ1) is 16.4. The molecule has 2 aromatic carbocycles. The third-order valence-electron chi connectivity index (χ3n) is 8.50. The zero-order valence-corrected chi connectivity index (χ0v) is 19.9. The summed E-state index contributed by atoms with van der Waals surface area (Å²) in [6.07, 6.45) is 4.10. The first-order valence-corrected chi connectivity index (χ1v) is 12.5. The fourth-order valence-corrected chi connectivity index (χ4v) is 6.78. The Hall–Kier alpha value is -2.95. The Morgan fingerprint density at radius 1 is 1.09 bits per heavy atom. The molecule has 0 amide bonds. The van der Waals surface area contributed by atoms with E-state index in [-0.39, 0.29) is 18.3 Å². The third kappa shape index (κ3) is 3.85. The minimum absolute atomic E-state index is 0.0514. The van der Waals surface area contributed by atoms with Crippen LogP contribution in [0.4, 0.5) is 0 Å². The second-order valence-electron chi connectivity index (χ2n) is 10.2. The van der Waals surface area contributed by atoms with E-state index >= 15 is 0 Å². The number of benzene rings is 2. The Morgan fingerprint density at radius 2 is 1.88 bits per heavy atom. The highest BCUT2D eigenvalue weighted by atomic mass is 16.5. The molecule has 5 rings (SSSR count). The molecule has 0 spiro atoms. The second-order valence-corrected chi connectivity index (χ2v) is 10.2. The molecule has 3 aliphatic rings. The zero-order valence-electron chi connectivity index (χ0n) is 19.9. The maximum absolute atomic E-state index is 13.3. The topological polar surface area (TPSA) is 69.7 Å². The summed E-state index contributed by atoms with van der Waals surface area (Å²) in [5, 5.41) is 0. The fourth-order valence-electron chi connectivity index (χ4n) is 6.78. The summed E-state index contributed by atoms with van der Waals surface area (Å²) in [5.74, 6) is -0.665. The molecule has 0 aliphatic heterocycles. The summed E-state index contributed by atoms with van der Waals surface area (Å²) in [6.45, 7) is 4.38. The molecule has 0 radical (unpaired) electrons. The van der Waals surface area contributed by atoms with Gasteiger partial charge in [0.1, 0.15) is 18.1 Å². The average Bonchev–Trinajstić information content (AvgIpc) is 3.13. The number of ketones is 2. The number of fused-ring (bicyclic) bond motifs is 5. The van der Waals surface area contributed by atoms with Crippen molar-refractivity contribution in [1.29, 1.82) is 0 Å². The van der Waals surface area contributed by atoms with Gasteiger partial charge >= 0.3 is 5.97 Å². The van der Waals surface area contributed by atoms with Crippen molar-refractivity contribution in [1.82, 2.24) is 0 Å². The Balaban J connectivity index is 1.33. The van der Waals surface area contributed by atoms with E-state index in [1.54, 1.807) is 6.92 Å². The van der Waals surface area contributed by atoms with E-state index in [2.05, 4.69) is 30.3 Å². The van der Waals surface area contributed by atoms with Gasteiger partial charge in [0.15, 0.2) is 0 Å². The average molecular weight is 461 g/mol. The molecule has 34 heavy (non-hydrogen) atoms. The first-order valence-electron chi connectivity index (χ1n) is 12.5. The molecule has 2 fully saturated rings. The van der Waals surface area contributed by atoms with Gasteiger partial charge in [0.05, 0.1) is 12.5 Å². The van der Waals surface area contributed by atoms with Crippen LogP contribution in [0.3, 0.4) is 0 Å². The van der Waals surface area contributed by atoms with Gasteiger partial charge in [-0.05, 0) is 85.6 Å². The van der Waals surface area contributed by atoms with Gasteiger partial charge in [0.2, 0.25) is 5.78 Å².